The molecule has 1 heterocycles. The second kappa shape index (κ2) is 7.41. The molecule has 0 aliphatic heterocycles. The number of allylic oxidation sites excluding steroid dienone is 1. The quantitative estimate of drug-likeness (QED) is 0.589. The van der Waals surface area contributed by atoms with E-state index < -0.39 is 18.1 Å². The summed E-state index contributed by atoms with van der Waals surface area (Å²) >= 11 is 5.47. The third-order valence-electron chi connectivity index (χ3n) is 3.74. The largest absolute Gasteiger partial charge is 0.496 e. The van der Waals surface area contributed by atoms with Gasteiger partial charge < -0.3 is 15.6 Å². The standard InChI is InChI=1S/C16H20N4O3S/c1-4-9-19-14(11-7-5-6-8-12(11)23-3)18-20(16(19)24)10(2)13(17)15(21)22/h4-8,10,13H,1,9,17H2,2-3H3,(H,21,22)/t10-,13-/m0/s1. The van der Waals surface area contributed by atoms with Crippen molar-refractivity contribution in [2.24, 2.45) is 5.73 Å². The number of nitrogens with zero attached hydrogens (tertiary/aromatic N) is 3. The number of aliphatic carboxylic acids is 1. The van der Waals surface area contributed by atoms with Gasteiger partial charge in [0.05, 0.1) is 18.7 Å². The van der Waals surface area contributed by atoms with Crippen LogP contribution in [0.3, 0.4) is 0 Å². The Morgan fingerprint density at radius 2 is 2.21 bits per heavy atom. The number of nitrogens with two attached hydrogens (primary N) is 1. The maximum absolute atomic E-state index is 11.2. The van der Waals surface area contributed by atoms with Crippen LogP contribution in [0.5, 0.6) is 5.75 Å². The third kappa shape index (κ3) is 3.24. The summed E-state index contributed by atoms with van der Waals surface area (Å²) in [6, 6.07) is 5.69. The number of hydrogen-bond acceptors (Lipinski definition) is 5. The summed E-state index contributed by atoms with van der Waals surface area (Å²) in [6.45, 7) is 5.84. The molecule has 0 spiro atoms. The van der Waals surface area contributed by atoms with Crippen LogP contribution in [0.1, 0.15) is 13.0 Å². The van der Waals surface area contributed by atoms with E-state index in [4.69, 9.17) is 27.8 Å². The molecule has 0 bridgehead atoms. The van der Waals surface area contributed by atoms with E-state index >= 15 is 0 Å². The molecule has 2 rings (SSSR count). The van der Waals surface area contributed by atoms with Crippen molar-refractivity contribution in [2.45, 2.75) is 25.6 Å². The molecule has 0 saturated heterocycles. The predicted molar refractivity (Wildman–Crippen MR) is 93.6 cm³/mol. The van der Waals surface area contributed by atoms with Crippen LogP contribution in [0.2, 0.25) is 0 Å². The van der Waals surface area contributed by atoms with E-state index in [1.807, 2.05) is 24.3 Å². The lowest BCUT2D eigenvalue weighted by Gasteiger charge is -2.15. The van der Waals surface area contributed by atoms with Gasteiger partial charge in [-0.3, -0.25) is 9.36 Å². The van der Waals surface area contributed by atoms with Gasteiger partial charge in [-0.25, -0.2) is 4.68 Å². The van der Waals surface area contributed by atoms with E-state index in [1.165, 1.54) is 4.68 Å². The fourth-order valence-corrected chi connectivity index (χ4v) is 2.73. The zero-order valence-electron chi connectivity index (χ0n) is 13.5. The topological polar surface area (TPSA) is 95.3 Å². The lowest BCUT2D eigenvalue weighted by Crippen LogP contribution is -2.38. The van der Waals surface area contributed by atoms with Crippen LogP contribution in [0.25, 0.3) is 11.4 Å². The first-order chi connectivity index (χ1) is 11.4. The molecule has 0 saturated carbocycles. The Hall–Kier alpha value is -2.45. The highest BCUT2D eigenvalue weighted by Crippen LogP contribution is 2.29. The van der Waals surface area contributed by atoms with Gasteiger partial charge in [0.1, 0.15) is 11.8 Å². The van der Waals surface area contributed by atoms with Crippen LogP contribution in [-0.2, 0) is 11.3 Å². The van der Waals surface area contributed by atoms with Gasteiger partial charge in [-0.05, 0) is 31.3 Å². The number of carbonyl (C=O) groups is 1. The van der Waals surface area contributed by atoms with Gasteiger partial charge in [-0.2, -0.15) is 5.10 Å². The highest BCUT2D eigenvalue weighted by molar-refractivity contribution is 7.71. The fourth-order valence-electron chi connectivity index (χ4n) is 2.36. The molecular weight excluding hydrogens is 328 g/mol. The van der Waals surface area contributed by atoms with Gasteiger partial charge in [-0.1, -0.05) is 18.2 Å². The first kappa shape index (κ1) is 17.9. The summed E-state index contributed by atoms with van der Waals surface area (Å²) in [6.07, 6.45) is 1.70. The van der Waals surface area contributed by atoms with E-state index in [2.05, 4.69) is 11.7 Å². The van der Waals surface area contributed by atoms with Crippen LogP contribution in [-0.4, -0.2) is 38.6 Å². The zero-order chi connectivity index (χ0) is 17.9. The maximum Gasteiger partial charge on any atom is 0.322 e. The summed E-state index contributed by atoms with van der Waals surface area (Å²) in [5.74, 6) is 0.105. The molecule has 0 fully saturated rings. The number of hydrogen-bond donors (Lipinski definition) is 2. The van der Waals surface area contributed by atoms with Gasteiger partial charge in [0.2, 0.25) is 0 Å². The number of para-hydroxylation sites is 1. The van der Waals surface area contributed by atoms with E-state index in [-0.39, 0.29) is 0 Å². The Morgan fingerprint density at radius 1 is 1.54 bits per heavy atom. The summed E-state index contributed by atoms with van der Waals surface area (Å²) in [5.41, 5.74) is 6.48. The summed E-state index contributed by atoms with van der Waals surface area (Å²) in [7, 11) is 1.57. The molecule has 0 aliphatic carbocycles. The molecule has 0 unspecified atom stereocenters. The van der Waals surface area contributed by atoms with E-state index in [0.717, 1.165) is 5.56 Å². The average Bonchev–Trinajstić information content (AvgIpc) is 2.90. The third-order valence-corrected chi connectivity index (χ3v) is 4.14. The molecule has 2 aromatic rings. The highest BCUT2D eigenvalue weighted by atomic mass is 32.1. The molecule has 24 heavy (non-hydrogen) atoms. The number of carboxylic acids is 1. The summed E-state index contributed by atoms with van der Waals surface area (Å²) in [4.78, 5) is 11.2. The van der Waals surface area contributed by atoms with Gasteiger partial charge in [0.25, 0.3) is 0 Å². The number of benzene rings is 1. The van der Waals surface area contributed by atoms with E-state index in [1.54, 1.807) is 24.7 Å². The zero-order valence-corrected chi connectivity index (χ0v) is 14.4. The molecule has 128 valence electrons. The molecular formula is C16H20N4O3S. The molecule has 0 aliphatic rings. The van der Waals surface area contributed by atoms with Crippen molar-refractivity contribution >= 4 is 18.2 Å². The number of rotatable bonds is 7. The Bertz CT molecular complexity index is 812. The maximum atomic E-state index is 11.2. The minimum Gasteiger partial charge on any atom is -0.496 e. The van der Waals surface area contributed by atoms with Crippen LogP contribution in [0, 0.1) is 4.77 Å². The summed E-state index contributed by atoms with van der Waals surface area (Å²) in [5, 5.41) is 13.7. The summed E-state index contributed by atoms with van der Waals surface area (Å²) < 4.78 is 8.99. The number of ether oxygens (including phenoxy) is 1. The highest BCUT2D eigenvalue weighted by Gasteiger charge is 2.26. The van der Waals surface area contributed by atoms with Gasteiger partial charge in [0, 0.05) is 6.54 Å². The normalized spacial score (nSPS) is 13.3. The smallest absolute Gasteiger partial charge is 0.322 e. The molecule has 7 nitrogen and oxygen atoms in total. The minimum absolute atomic E-state index is 0.375. The van der Waals surface area contributed by atoms with Gasteiger partial charge in [0.15, 0.2) is 10.6 Å². The second-order valence-electron chi connectivity index (χ2n) is 5.25. The number of carboxylic acid groups (broad SMARTS) is 1. The van der Waals surface area contributed by atoms with Crippen molar-refractivity contribution in [1.29, 1.82) is 0 Å². The monoisotopic (exact) mass is 348 g/mol. The molecule has 1 aromatic carbocycles. The SMILES string of the molecule is C=CCn1c(-c2ccccc2OC)nn([C@@H](C)[C@H](N)C(=O)O)c1=S. The Morgan fingerprint density at radius 3 is 2.79 bits per heavy atom. The van der Waals surface area contributed by atoms with Gasteiger partial charge in [-0.15, -0.1) is 6.58 Å². The molecule has 1 aromatic heterocycles. The van der Waals surface area contributed by atoms with Crippen molar-refractivity contribution in [1.82, 2.24) is 14.3 Å². The Kier molecular flexibility index (Phi) is 5.53. The van der Waals surface area contributed by atoms with Crippen molar-refractivity contribution in [3.05, 3.63) is 41.7 Å². The predicted octanol–water partition coefficient (Wildman–Crippen LogP) is 2.25. The number of aromatic nitrogens is 3. The molecule has 0 amide bonds. The fraction of sp³-hybridized carbons (Fsp3) is 0.312. The second-order valence-corrected chi connectivity index (χ2v) is 5.62. The van der Waals surface area contributed by atoms with E-state index in [9.17, 15) is 4.79 Å². The van der Waals surface area contributed by atoms with Crippen molar-refractivity contribution in [2.75, 3.05) is 7.11 Å². The van der Waals surface area contributed by atoms with Crippen LogP contribution in [0.15, 0.2) is 36.9 Å². The van der Waals surface area contributed by atoms with Crippen molar-refractivity contribution < 1.29 is 14.6 Å². The molecule has 8 heteroatoms. The first-order valence-corrected chi connectivity index (χ1v) is 7.75. The van der Waals surface area contributed by atoms with Crippen molar-refractivity contribution in [3.63, 3.8) is 0 Å². The van der Waals surface area contributed by atoms with Gasteiger partial charge >= 0.3 is 5.97 Å². The molecule has 0 radical (unpaired) electrons. The van der Waals surface area contributed by atoms with Crippen LogP contribution >= 0.6 is 12.2 Å². The lowest BCUT2D eigenvalue weighted by molar-refractivity contribution is -0.139. The average molecular weight is 348 g/mol. The Balaban J connectivity index is 2.64. The minimum atomic E-state index is -1.12. The number of methoxy groups -OCH3 is 1. The first-order valence-electron chi connectivity index (χ1n) is 7.34. The lowest BCUT2D eigenvalue weighted by atomic mass is 10.1. The Labute approximate surface area is 145 Å². The van der Waals surface area contributed by atoms with Crippen LogP contribution in [0.4, 0.5) is 0 Å². The molecule has 2 atom stereocenters. The molecule has 3 N–H and O–H groups in total. The van der Waals surface area contributed by atoms with Crippen LogP contribution < -0.4 is 10.5 Å². The van der Waals surface area contributed by atoms with E-state index in [0.29, 0.717) is 22.9 Å². The van der Waals surface area contributed by atoms with Crippen molar-refractivity contribution in [3.8, 4) is 17.1 Å².